The third kappa shape index (κ3) is 5.68. The molecule has 0 bridgehead atoms. The highest BCUT2D eigenvalue weighted by atomic mass is 19.1. The molecule has 1 aromatic carbocycles. The van der Waals surface area contributed by atoms with E-state index in [2.05, 4.69) is 19.2 Å². The van der Waals surface area contributed by atoms with Gasteiger partial charge in [-0.3, -0.25) is 0 Å². The van der Waals surface area contributed by atoms with E-state index in [4.69, 9.17) is 4.74 Å². The minimum Gasteiger partial charge on any atom is -0.492 e. The average Bonchev–Trinajstić information content (AvgIpc) is 2.35. The molecule has 0 aliphatic carbocycles. The van der Waals surface area contributed by atoms with Crippen LogP contribution in [0, 0.1) is 5.82 Å². The van der Waals surface area contributed by atoms with Gasteiger partial charge in [-0.2, -0.15) is 0 Å². The molecule has 1 unspecified atom stereocenters. The SMILES string of the molecule is CCCNC(CCC)COc1ccc(F)cc1. The lowest BCUT2D eigenvalue weighted by Gasteiger charge is -2.18. The van der Waals surface area contributed by atoms with Crippen LogP contribution in [0.25, 0.3) is 0 Å². The van der Waals surface area contributed by atoms with Crippen LogP contribution in [-0.4, -0.2) is 19.2 Å². The van der Waals surface area contributed by atoms with Gasteiger partial charge < -0.3 is 10.1 Å². The molecule has 1 N–H and O–H groups in total. The van der Waals surface area contributed by atoms with Gasteiger partial charge in [0.1, 0.15) is 18.2 Å². The molecule has 2 nitrogen and oxygen atoms in total. The van der Waals surface area contributed by atoms with E-state index in [9.17, 15) is 4.39 Å². The monoisotopic (exact) mass is 239 g/mol. The first-order valence-corrected chi connectivity index (χ1v) is 6.38. The van der Waals surface area contributed by atoms with Crippen LogP contribution in [0.5, 0.6) is 5.75 Å². The molecule has 0 aliphatic heterocycles. The van der Waals surface area contributed by atoms with Crippen molar-refractivity contribution in [2.24, 2.45) is 0 Å². The van der Waals surface area contributed by atoms with Gasteiger partial charge in [0.2, 0.25) is 0 Å². The van der Waals surface area contributed by atoms with Gasteiger partial charge in [-0.05, 0) is 43.7 Å². The molecule has 0 amide bonds. The van der Waals surface area contributed by atoms with E-state index in [1.54, 1.807) is 12.1 Å². The van der Waals surface area contributed by atoms with E-state index < -0.39 is 0 Å². The van der Waals surface area contributed by atoms with E-state index in [-0.39, 0.29) is 5.82 Å². The van der Waals surface area contributed by atoms with E-state index >= 15 is 0 Å². The van der Waals surface area contributed by atoms with Crippen LogP contribution in [0.1, 0.15) is 33.1 Å². The zero-order valence-corrected chi connectivity index (χ0v) is 10.7. The van der Waals surface area contributed by atoms with Crippen molar-refractivity contribution in [1.29, 1.82) is 0 Å². The lowest BCUT2D eigenvalue weighted by atomic mass is 10.2. The van der Waals surface area contributed by atoms with E-state index in [1.807, 2.05) is 0 Å². The first-order valence-electron chi connectivity index (χ1n) is 6.38. The normalized spacial score (nSPS) is 12.4. The summed E-state index contributed by atoms with van der Waals surface area (Å²) in [6.45, 7) is 5.96. The minimum absolute atomic E-state index is 0.230. The minimum atomic E-state index is -0.230. The highest BCUT2D eigenvalue weighted by Gasteiger charge is 2.07. The Bertz CT molecular complexity index is 300. The second-order valence-corrected chi connectivity index (χ2v) is 4.20. The van der Waals surface area contributed by atoms with Gasteiger partial charge in [0.15, 0.2) is 0 Å². The fraction of sp³-hybridized carbons (Fsp3) is 0.571. The molecule has 0 saturated heterocycles. The lowest BCUT2D eigenvalue weighted by molar-refractivity contribution is 0.255. The maximum absolute atomic E-state index is 12.7. The Morgan fingerprint density at radius 3 is 2.47 bits per heavy atom. The second kappa shape index (κ2) is 8.07. The summed E-state index contributed by atoms with van der Waals surface area (Å²) < 4.78 is 18.3. The van der Waals surface area contributed by atoms with Gasteiger partial charge in [0.05, 0.1) is 0 Å². The van der Waals surface area contributed by atoms with Crippen molar-refractivity contribution in [3.8, 4) is 5.75 Å². The third-order valence-electron chi connectivity index (χ3n) is 2.58. The van der Waals surface area contributed by atoms with Gasteiger partial charge in [-0.1, -0.05) is 20.3 Å². The number of ether oxygens (including phenoxy) is 1. The first-order chi connectivity index (χ1) is 8.26. The molecule has 0 heterocycles. The Labute approximate surface area is 103 Å². The molecule has 0 fully saturated rings. The Kier molecular flexibility index (Phi) is 6.63. The van der Waals surface area contributed by atoms with Gasteiger partial charge in [0.25, 0.3) is 0 Å². The Morgan fingerprint density at radius 1 is 1.18 bits per heavy atom. The average molecular weight is 239 g/mol. The van der Waals surface area contributed by atoms with E-state index in [1.165, 1.54) is 12.1 Å². The molecule has 0 spiro atoms. The summed E-state index contributed by atoms with van der Waals surface area (Å²) >= 11 is 0. The second-order valence-electron chi connectivity index (χ2n) is 4.20. The Hall–Kier alpha value is -1.09. The number of halogens is 1. The summed E-state index contributed by atoms with van der Waals surface area (Å²) in [6.07, 6.45) is 3.35. The highest BCUT2D eigenvalue weighted by Crippen LogP contribution is 2.12. The zero-order chi connectivity index (χ0) is 12.5. The third-order valence-corrected chi connectivity index (χ3v) is 2.58. The van der Waals surface area contributed by atoms with E-state index in [0.29, 0.717) is 12.6 Å². The summed E-state index contributed by atoms with van der Waals surface area (Å²) in [5.74, 6) is 0.498. The van der Waals surface area contributed by atoms with Gasteiger partial charge in [-0.25, -0.2) is 4.39 Å². The van der Waals surface area contributed by atoms with Crippen molar-refractivity contribution in [3.05, 3.63) is 30.1 Å². The summed E-state index contributed by atoms with van der Waals surface area (Å²) in [5, 5.41) is 3.45. The Balaban J connectivity index is 2.37. The summed E-state index contributed by atoms with van der Waals surface area (Å²) in [6, 6.07) is 6.55. The van der Waals surface area contributed by atoms with Crippen molar-refractivity contribution in [2.45, 2.75) is 39.2 Å². The molecule has 0 radical (unpaired) electrons. The van der Waals surface area contributed by atoms with Crippen molar-refractivity contribution >= 4 is 0 Å². The quantitative estimate of drug-likeness (QED) is 0.751. The molecular formula is C14H22FNO. The van der Waals surface area contributed by atoms with Crippen LogP contribution in [0.2, 0.25) is 0 Å². The van der Waals surface area contributed by atoms with Gasteiger partial charge in [-0.15, -0.1) is 0 Å². The number of hydrogen-bond acceptors (Lipinski definition) is 2. The number of hydrogen-bond donors (Lipinski definition) is 1. The van der Waals surface area contributed by atoms with Gasteiger partial charge in [0, 0.05) is 6.04 Å². The fourth-order valence-corrected chi connectivity index (χ4v) is 1.67. The molecule has 0 aliphatic rings. The Morgan fingerprint density at radius 2 is 1.88 bits per heavy atom. The summed E-state index contributed by atoms with van der Waals surface area (Å²) in [4.78, 5) is 0. The molecule has 1 atom stereocenters. The smallest absolute Gasteiger partial charge is 0.123 e. The maximum Gasteiger partial charge on any atom is 0.123 e. The number of benzene rings is 1. The molecule has 0 saturated carbocycles. The van der Waals surface area contributed by atoms with Crippen LogP contribution >= 0.6 is 0 Å². The molecule has 0 aromatic heterocycles. The standard InChI is InChI=1S/C14H22FNO/c1-3-5-13(16-10-4-2)11-17-14-8-6-12(15)7-9-14/h6-9,13,16H,3-5,10-11H2,1-2H3. The molecular weight excluding hydrogens is 217 g/mol. The van der Waals surface area contributed by atoms with E-state index in [0.717, 1.165) is 31.6 Å². The molecule has 96 valence electrons. The highest BCUT2D eigenvalue weighted by molar-refractivity contribution is 5.22. The lowest BCUT2D eigenvalue weighted by Crippen LogP contribution is -2.35. The van der Waals surface area contributed by atoms with Crippen molar-refractivity contribution in [2.75, 3.05) is 13.2 Å². The van der Waals surface area contributed by atoms with Crippen molar-refractivity contribution in [3.63, 3.8) is 0 Å². The maximum atomic E-state index is 12.7. The fourth-order valence-electron chi connectivity index (χ4n) is 1.67. The van der Waals surface area contributed by atoms with Crippen LogP contribution in [-0.2, 0) is 0 Å². The van der Waals surface area contributed by atoms with Crippen LogP contribution in [0.3, 0.4) is 0 Å². The molecule has 17 heavy (non-hydrogen) atoms. The number of rotatable bonds is 8. The van der Waals surface area contributed by atoms with Gasteiger partial charge >= 0.3 is 0 Å². The summed E-state index contributed by atoms with van der Waals surface area (Å²) in [7, 11) is 0. The summed E-state index contributed by atoms with van der Waals surface area (Å²) in [5.41, 5.74) is 0. The van der Waals surface area contributed by atoms with Crippen LogP contribution in [0.4, 0.5) is 4.39 Å². The number of nitrogens with one attached hydrogen (secondary N) is 1. The van der Waals surface area contributed by atoms with Crippen molar-refractivity contribution < 1.29 is 9.13 Å². The molecule has 3 heteroatoms. The van der Waals surface area contributed by atoms with Crippen molar-refractivity contribution in [1.82, 2.24) is 5.32 Å². The zero-order valence-electron chi connectivity index (χ0n) is 10.7. The molecule has 1 rings (SSSR count). The first kappa shape index (κ1) is 14.0. The predicted molar refractivity (Wildman–Crippen MR) is 68.9 cm³/mol. The predicted octanol–water partition coefficient (Wildman–Crippen LogP) is 3.37. The van der Waals surface area contributed by atoms with Crippen LogP contribution < -0.4 is 10.1 Å². The largest absolute Gasteiger partial charge is 0.492 e. The van der Waals surface area contributed by atoms with Crippen LogP contribution in [0.15, 0.2) is 24.3 Å². The topological polar surface area (TPSA) is 21.3 Å². The molecule has 1 aromatic rings.